The molecule has 0 radical (unpaired) electrons. The highest BCUT2D eigenvalue weighted by Crippen LogP contribution is 2.49. The molecule has 0 aliphatic carbocycles. The topological polar surface area (TPSA) is 12.0 Å². The zero-order chi connectivity index (χ0) is 19.3. The summed E-state index contributed by atoms with van der Waals surface area (Å²) in [7, 11) is 4.28. The van der Waals surface area contributed by atoms with Gasteiger partial charge in [0.15, 0.2) is 5.69 Å². The minimum absolute atomic E-state index is 0.941. The zero-order valence-corrected chi connectivity index (χ0v) is 16.6. The van der Waals surface area contributed by atoms with Crippen LogP contribution in [-0.2, 0) is 13.6 Å². The Morgan fingerprint density at radius 2 is 1.36 bits per heavy atom. The number of anilines is 2. The highest BCUT2D eigenvalue weighted by molar-refractivity contribution is 6.03. The van der Waals surface area contributed by atoms with Crippen LogP contribution in [0.25, 0.3) is 33.5 Å². The lowest BCUT2D eigenvalue weighted by Gasteiger charge is -2.24. The number of hydrogen-bond acceptors (Lipinski definition) is 1. The molecule has 0 atom stereocenters. The van der Waals surface area contributed by atoms with Crippen LogP contribution in [0.4, 0.5) is 11.4 Å². The number of aryl methyl sites for hydroxylation is 2. The Morgan fingerprint density at radius 3 is 2.11 bits per heavy atom. The van der Waals surface area contributed by atoms with E-state index in [0.29, 0.717) is 0 Å². The molecule has 3 heteroatoms. The molecule has 1 aliphatic rings. The maximum absolute atomic E-state index is 2.35. The standard InChI is InChI=1S/C25H24N3/c1-4-28-17-26(2)16-24(28)22-14-9-13-21-19-11-6-5-10-18(19)20-12-7-8-15-23(20)27(3)25(21)22/h5-17H,4H2,1-3H3/q+1. The normalized spacial score (nSPS) is 12.2. The highest BCUT2D eigenvalue weighted by Gasteiger charge is 2.27. The van der Waals surface area contributed by atoms with Gasteiger partial charge in [0.1, 0.15) is 6.20 Å². The van der Waals surface area contributed by atoms with Gasteiger partial charge in [-0.15, -0.1) is 0 Å². The summed E-state index contributed by atoms with van der Waals surface area (Å²) < 4.78 is 4.45. The van der Waals surface area contributed by atoms with E-state index in [2.05, 4.69) is 114 Å². The molecule has 0 spiro atoms. The first kappa shape index (κ1) is 16.8. The lowest BCUT2D eigenvalue weighted by atomic mass is 9.93. The lowest BCUT2D eigenvalue weighted by molar-refractivity contribution is -0.670. The molecular weight excluding hydrogens is 342 g/mol. The molecule has 0 saturated carbocycles. The van der Waals surface area contributed by atoms with Gasteiger partial charge < -0.3 is 4.90 Å². The van der Waals surface area contributed by atoms with E-state index in [1.54, 1.807) is 0 Å². The molecule has 2 heterocycles. The van der Waals surface area contributed by atoms with Crippen LogP contribution in [0.15, 0.2) is 79.3 Å². The van der Waals surface area contributed by atoms with E-state index in [1.165, 1.54) is 44.9 Å². The predicted octanol–water partition coefficient (Wildman–Crippen LogP) is 5.41. The monoisotopic (exact) mass is 366 g/mol. The fourth-order valence-electron chi connectivity index (χ4n) is 4.45. The Bertz CT molecular complexity index is 1190. The number of hydrogen-bond donors (Lipinski definition) is 0. The highest BCUT2D eigenvalue weighted by atomic mass is 15.1. The van der Waals surface area contributed by atoms with Gasteiger partial charge in [0, 0.05) is 29.4 Å². The summed E-state index contributed by atoms with van der Waals surface area (Å²) in [5, 5.41) is 0. The number of imidazole rings is 1. The van der Waals surface area contributed by atoms with Gasteiger partial charge in [-0.05, 0) is 30.2 Å². The molecule has 0 saturated heterocycles. The molecule has 0 bridgehead atoms. The van der Waals surface area contributed by atoms with E-state index in [9.17, 15) is 0 Å². The smallest absolute Gasteiger partial charge is 0.244 e. The summed E-state index contributed by atoms with van der Waals surface area (Å²) in [5.74, 6) is 0. The Morgan fingerprint density at radius 1 is 0.750 bits per heavy atom. The largest absolute Gasteiger partial charge is 0.343 e. The molecule has 0 amide bonds. The Hall–Kier alpha value is -3.33. The van der Waals surface area contributed by atoms with Crippen molar-refractivity contribution in [1.82, 2.24) is 4.57 Å². The number of rotatable bonds is 2. The van der Waals surface area contributed by atoms with Gasteiger partial charge in [0.05, 0.1) is 19.3 Å². The molecule has 1 aromatic heterocycles. The van der Waals surface area contributed by atoms with Gasteiger partial charge in [-0.25, -0.2) is 9.13 Å². The number of benzene rings is 3. The summed E-state index contributed by atoms with van der Waals surface area (Å²) in [4.78, 5) is 2.35. The molecule has 0 unspecified atom stereocenters. The van der Waals surface area contributed by atoms with Crippen molar-refractivity contribution >= 4 is 11.4 Å². The van der Waals surface area contributed by atoms with Gasteiger partial charge in [0.2, 0.25) is 6.33 Å². The first-order chi connectivity index (χ1) is 13.7. The predicted molar refractivity (Wildman–Crippen MR) is 116 cm³/mol. The van der Waals surface area contributed by atoms with Gasteiger partial charge in [0.25, 0.3) is 0 Å². The third-order valence-electron chi connectivity index (χ3n) is 5.72. The maximum Gasteiger partial charge on any atom is 0.244 e. The molecule has 28 heavy (non-hydrogen) atoms. The second-order valence-electron chi connectivity index (χ2n) is 7.40. The van der Waals surface area contributed by atoms with Crippen molar-refractivity contribution in [3.8, 4) is 33.5 Å². The second kappa shape index (κ2) is 6.38. The van der Waals surface area contributed by atoms with Gasteiger partial charge in [-0.2, -0.15) is 0 Å². The fraction of sp³-hybridized carbons (Fsp3) is 0.160. The lowest BCUT2D eigenvalue weighted by Crippen LogP contribution is -2.23. The van der Waals surface area contributed by atoms with Crippen molar-refractivity contribution in [2.24, 2.45) is 7.05 Å². The molecule has 0 fully saturated rings. The zero-order valence-electron chi connectivity index (χ0n) is 16.6. The van der Waals surface area contributed by atoms with Gasteiger partial charge >= 0.3 is 0 Å². The van der Waals surface area contributed by atoms with E-state index < -0.39 is 0 Å². The summed E-state index contributed by atoms with van der Waals surface area (Å²) in [6, 6.07) is 24.1. The third kappa shape index (κ3) is 2.40. The van der Waals surface area contributed by atoms with Crippen LogP contribution < -0.4 is 9.47 Å². The summed E-state index contributed by atoms with van der Waals surface area (Å²) in [6.07, 6.45) is 4.38. The quantitative estimate of drug-likeness (QED) is 0.432. The van der Waals surface area contributed by atoms with Crippen LogP contribution in [0, 0.1) is 0 Å². The van der Waals surface area contributed by atoms with Crippen molar-refractivity contribution in [3.05, 3.63) is 79.3 Å². The SMILES string of the molecule is CCn1c[n+](C)cc1-c1cccc2c1N(C)c1ccccc1-c1ccccc1-2. The van der Waals surface area contributed by atoms with Crippen LogP contribution in [-0.4, -0.2) is 11.6 Å². The molecule has 5 rings (SSSR count). The van der Waals surface area contributed by atoms with Crippen LogP contribution in [0.3, 0.4) is 0 Å². The van der Waals surface area contributed by atoms with E-state index >= 15 is 0 Å². The molecule has 1 aliphatic heterocycles. The molecule has 3 aromatic carbocycles. The van der Waals surface area contributed by atoms with Crippen LogP contribution >= 0.6 is 0 Å². The van der Waals surface area contributed by atoms with E-state index in [0.717, 1.165) is 6.54 Å². The van der Waals surface area contributed by atoms with Crippen molar-refractivity contribution in [3.63, 3.8) is 0 Å². The maximum atomic E-state index is 2.35. The van der Waals surface area contributed by atoms with Crippen molar-refractivity contribution in [1.29, 1.82) is 0 Å². The molecule has 3 nitrogen and oxygen atoms in total. The average Bonchev–Trinajstić information content (AvgIpc) is 3.08. The summed E-state index contributed by atoms with van der Waals surface area (Å²) in [6.45, 7) is 3.14. The van der Waals surface area contributed by atoms with E-state index in [-0.39, 0.29) is 0 Å². The molecule has 0 N–H and O–H groups in total. The molecule has 4 aromatic rings. The number of nitrogens with zero attached hydrogens (tertiary/aromatic N) is 3. The number of para-hydroxylation sites is 2. The van der Waals surface area contributed by atoms with Crippen molar-refractivity contribution in [2.45, 2.75) is 13.5 Å². The van der Waals surface area contributed by atoms with Crippen LogP contribution in [0.2, 0.25) is 0 Å². The number of fused-ring (bicyclic) bond motifs is 5. The van der Waals surface area contributed by atoms with Gasteiger partial charge in [-0.1, -0.05) is 54.6 Å². The van der Waals surface area contributed by atoms with E-state index in [4.69, 9.17) is 0 Å². The average molecular weight is 366 g/mol. The van der Waals surface area contributed by atoms with Crippen LogP contribution in [0.5, 0.6) is 0 Å². The first-order valence-corrected chi connectivity index (χ1v) is 9.80. The van der Waals surface area contributed by atoms with Crippen molar-refractivity contribution < 1.29 is 4.57 Å². The summed E-state index contributed by atoms with van der Waals surface area (Å²) in [5.41, 5.74) is 10.1. The number of aromatic nitrogens is 2. The Kier molecular flexibility index (Phi) is 3.83. The molecular formula is C25H24N3+. The molecule has 138 valence electrons. The minimum Gasteiger partial charge on any atom is -0.343 e. The first-order valence-electron chi connectivity index (χ1n) is 9.80. The Labute approximate surface area is 166 Å². The third-order valence-corrected chi connectivity index (χ3v) is 5.72. The van der Waals surface area contributed by atoms with Gasteiger partial charge in [-0.3, -0.25) is 0 Å². The summed E-state index contributed by atoms with van der Waals surface area (Å²) >= 11 is 0. The minimum atomic E-state index is 0.941. The van der Waals surface area contributed by atoms with E-state index in [1.807, 2.05) is 0 Å². The second-order valence-corrected chi connectivity index (χ2v) is 7.40. The fourth-order valence-corrected chi connectivity index (χ4v) is 4.45. The van der Waals surface area contributed by atoms with Crippen LogP contribution in [0.1, 0.15) is 6.92 Å². The van der Waals surface area contributed by atoms with Crippen molar-refractivity contribution in [2.75, 3.05) is 11.9 Å². The Balaban J connectivity index is 1.89.